The molecule has 0 aromatic carbocycles. The molecule has 5 heteroatoms. The van der Waals surface area contributed by atoms with E-state index in [0.29, 0.717) is 18.8 Å². The summed E-state index contributed by atoms with van der Waals surface area (Å²) in [7, 11) is 0. The van der Waals surface area contributed by atoms with Gasteiger partial charge in [-0.05, 0) is 31.8 Å². The topological polar surface area (TPSA) is 76.1 Å². The van der Waals surface area contributed by atoms with E-state index in [9.17, 15) is 9.59 Å². The standard InChI is InChI=1S/C21H30O5/c1-2-3-6-9-14(22)12-13-16-15(10-7-4-5-8-11-17(23)24)18-20-21(26-20)19(16)25-18/h4,7,12-13,15-16,18-21H,2-3,5-6,8-11H2,1H3,(H,23,24)/t15-,16+,18+,19-,20-,21+/m0/s1. The van der Waals surface area contributed by atoms with Crippen LogP contribution in [0.1, 0.15) is 58.3 Å². The normalized spacial score (nSPS) is 34.7. The van der Waals surface area contributed by atoms with Gasteiger partial charge in [-0.3, -0.25) is 9.59 Å². The van der Waals surface area contributed by atoms with E-state index in [1.54, 1.807) is 6.08 Å². The Morgan fingerprint density at radius 1 is 0.962 bits per heavy atom. The van der Waals surface area contributed by atoms with Crippen molar-refractivity contribution in [3.05, 3.63) is 24.3 Å². The number of aliphatic carboxylic acids is 1. The Morgan fingerprint density at radius 2 is 1.73 bits per heavy atom. The summed E-state index contributed by atoms with van der Waals surface area (Å²) in [6.07, 6.45) is 15.1. The van der Waals surface area contributed by atoms with E-state index in [1.807, 2.05) is 0 Å². The fourth-order valence-corrected chi connectivity index (χ4v) is 4.25. The van der Waals surface area contributed by atoms with Gasteiger partial charge in [0.15, 0.2) is 5.78 Å². The zero-order chi connectivity index (χ0) is 18.5. The Kier molecular flexibility index (Phi) is 6.65. The molecule has 0 saturated carbocycles. The van der Waals surface area contributed by atoms with Crippen LogP contribution in [0.4, 0.5) is 0 Å². The number of unbranched alkanes of at least 4 members (excludes halogenated alkanes) is 3. The lowest BCUT2D eigenvalue weighted by Crippen LogP contribution is -2.31. The molecule has 3 heterocycles. The van der Waals surface area contributed by atoms with Crippen LogP contribution in [-0.4, -0.2) is 41.3 Å². The molecule has 3 aliphatic heterocycles. The Hall–Kier alpha value is -1.46. The van der Waals surface area contributed by atoms with E-state index >= 15 is 0 Å². The van der Waals surface area contributed by atoms with Gasteiger partial charge in [0.25, 0.3) is 0 Å². The van der Waals surface area contributed by atoms with Gasteiger partial charge in [0.2, 0.25) is 0 Å². The average Bonchev–Trinajstić information content (AvgIpc) is 3.23. The molecule has 144 valence electrons. The third kappa shape index (κ3) is 4.63. The first kappa shape index (κ1) is 19.3. The van der Waals surface area contributed by atoms with Crippen LogP contribution < -0.4 is 0 Å². The molecule has 0 spiro atoms. The van der Waals surface area contributed by atoms with Crippen LogP contribution in [0.15, 0.2) is 24.3 Å². The van der Waals surface area contributed by atoms with Gasteiger partial charge in [-0.15, -0.1) is 0 Å². The number of carbonyl (C=O) groups excluding carboxylic acids is 1. The first-order chi connectivity index (χ1) is 12.6. The highest BCUT2D eigenvalue weighted by atomic mass is 16.7. The molecule has 1 N–H and O–H groups in total. The highest BCUT2D eigenvalue weighted by Gasteiger charge is 2.68. The maximum atomic E-state index is 12.0. The van der Waals surface area contributed by atoms with Crippen LogP contribution in [0.3, 0.4) is 0 Å². The number of carbonyl (C=O) groups is 2. The SMILES string of the molecule is CCCCCC(=O)C=C[C@@H]1[C@H](CC=CCCCC(=O)O)[C@H]2O[C@@H]1[C@H]1O[C@H]12. The lowest BCUT2D eigenvalue weighted by Gasteiger charge is -2.22. The largest absolute Gasteiger partial charge is 0.481 e. The van der Waals surface area contributed by atoms with E-state index in [2.05, 4.69) is 25.2 Å². The first-order valence-electron chi connectivity index (χ1n) is 10.0. The van der Waals surface area contributed by atoms with Gasteiger partial charge in [-0.2, -0.15) is 0 Å². The fraction of sp³-hybridized carbons (Fsp3) is 0.714. The van der Waals surface area contributed by atoms with Crippen molar-refractivity contribution in [2.45, 2.75) is 82.7 Å². The number of allylic oxidation sites excluding steroid dienone is 3. The quantitative estimate of drug-likeness (QED) is 0.248. The van der Waals surface area contributed by atoms with Gasteiger partial charge in [0, 0.05) is 24.7 Å². The second kappa shape index (κ2) is 8.96. The number of rotatable bonds is 12. The van der Waals surface area contributed by atoms with E-state index in [-0.39, 0.29) is 42.5 Å². The molecule has 0 amide bonds. The molecule has 3 saturated heterocycles. The van der Waals surface area contributed by atoms with Gasteiger partial charge < -0.3 is 14.6 Å². The third-order valence-corrected chi connectivity index (χ3v) is 5.69. The van der Waals surface area contributed by atoms with E-state index in [4.69, 9.17) is 14.6 Å². The van der Waals surface area contributed by atoms with Crippen molar-refractivity contribution >= 4 is 11.8 Å². The number of carboxylic acids is 1. The lowest BCUT2D eigenvalue weighted by molar-refractivity contribution is -0.137. The predicted octanol–water partition coefficient (Wildman–Crippen LogP) is 3.67. The van der Waals surface area contributed by atoms with Crippen LogP contribution in [-0.2, 0) is 19.1 Å². The molecule has 3 rings (SSSR count). The molecule has 6 atom stereocenters. The second-order valence-electron chi connectivity index (χ2n) is 7.65. The monoisotopic (exact) mass is 362 g/mol. The van der Waals surface area contributed by atoms with Crippen LogP contribution in [0.25, 0.3) is 0 Å². The number of ketones is 1. The predicted molar refractivity (Wildman–Crippen MR) is 97.8 cm³/mol. The summed E-state index contributed by atoms with van der Waals surface area (Å²) >= 11 is 0. The summed E-state index contributed by atoms with van der Waals surface area (Å²) in [5.74, 6) is 0.0461. The van der Waals surface area contributed by atoms with Crippen molar-refractivity contribution < 1.29 is 24.2 Å². The number of epoxide rings is 1. The number of fused-ring (bicyclic) bond motifs is 5. The van der Waals surface area contributed by atoms with Crippen molar-refractivity contribution in [2.75, 3.05) is 0 Å². The maximum Gasteiger partial charge on any atom is 0.303 e. The molecule has 0 aromatic rings. The first-order valence-corrected chi connectivity index (χ1v) is 10.0. The van der Waals surface area contributed by atoms with Crippen molar-refractivity contribution in [1.82, 2.24) is 0 Å². The molecule has 0 aliphatic carbocycles. The minimum Gasteiger partial charge on any atom is -0.481 e. The molecular formula is C21H30O5. The van der Waals surface area contributed by atoms with Crippen molar-refractivity contribution in [3.63, 3.8) is 0 Å². The minimum atomic E-state index is -0.745. The summed E-state index contributed by atoms with van der Waals surface area (Å²) in [6, 6.07) is 0. The molecular weight excluding hydrogens is 332 g/mol. The van der Waals surface area contributed by atoms with Gasteiger partial charge in [-0.25, -0.2) is 0 Å². The van der Waals surface area contributed by atoms with Gasteiger partial charge in [0.05, 0.1) is 12.2 Å². The molecule has 0 radical (unpaired) electrons. The zero-order valence-corrected chi connectivity index (χ0v) is 15.5. The zero-order valence-electron chi connectivity index (χ0n) is 15.5. The molecule has 0 aromatic heterocycles. The van der Waals surface area contributed by atoms with Gasteiger partial charge in [0.1, 0.15) is 12.2 Å². The Morgan fingerprint density at radius 3 is 2.50 bits per heavy atom. The molecule has 5 nitrogen and oxygen atoms in total. The summed E-state index contributed by atoms with van der Waals surface area (Å²) < 4.78 is 11.8. The summed E-state index contributed by atoms with van der Waals surface area (Å²) in [5, 5.41) is 8.66. The van der Waals surface area contributed by atoms with Gasteiger partial charge in [-0.1, -0.05) is 38.0 Å². The van der Waals surface area contributed by atoms with Crippen LogP contribution >= 0.6 is 0 Å². The van der Waals surface area contributed by atoms with E-state index in [0.717, 1.165) is 32.1 Å². The fourth-order valence-electron chi connectivity index (χ4n) is 4.25. The number of carboxylic acid groups (broad SMARTS) is 1. The number of hydrogen-bond donors (Lipinski definition) is 1. The lowest BCUT2D eigenvalue weighted by atomic mass is 9.77. The number of ether oxygens (including phenoxy) is 2. The summed E-state index contributed by atoms with van der Waals surface area (Å²) in [4.78, 5) is 22.6. The van der Waals surface area contributed by atoms with Crippen LogP contribution in [0.2, 0.25) is 0 Å². The van der Waals surface area contributed by atoms with Crippen molar-refractivity contribution in [1.29, 1.82) is 0 Å². The van der Waals surface area contributed by atoms with Crippen molar-refractivity contribution in [2.24, 2.45) is 11.8 Å². The minimum absolute atomic E-state index is 0.0927. The van der Waals surface area contributed by atoms with Crippen molar-refractivity contribution in [3.8, 4) is 0 Å². The molecule has 26 heavy (non-hydrogen) atoms. The Balaban J connectivity index is 1.49. The van der Waals surface area contributed by atoms with Gasteiger partial charge >= 0.3 is 5.97 Å². The second-order valence-corrected chi connectivity index (χ2v) is 7.65. The molecule has 0 unspecified atom stereocenters. The smallest absolute Gasteiger partial charge is 0.303 e. The third-order valence-electron chi connectivity index (χ3n) is 5.69. The molecule has 3 aliphatic rings. The summed E-state index contributed by atoms with van der Waals surface area (Å²) in [6.45, 7) is 2.14. The highest BCUT2D eigenvalue weighted by Crippen LogP contribution is 2.55. The highest BCUT2D eigenvalue weighted by molar-refractivity contribution is 5.89. The average molecular weight is 362 g/mol. The molecule has 2 bridgehead atoms. The van der Waals surface area contributed by atoms with E-state index in [1.165, 1.54) is 0 Å². The Bertz CT molecular complexity index is 567. The summed E-state index contributed by atoms with van der Waals surface area (Å²) in [5.41, 5.74) is 0. The van der Waals surface area contributed by atoms with Crippen LogP contribution in [0.5, 0.6) is 0 Å². The maximum absolute atomic E-state index is 12.0. The molecule has 3 fully saturated rings. The van der Waals surface area contributed by atoms with E-state index < -0.39 is 5.97 Å². The van der Waals surface area contributed by atoms with Crippen LogP contribution in [0, 0.1) is 11.8 Å². The number of hydrogen-bond acceptors (Lipinski definition) is 4. The Labute approximate surface area is 155 Å².